The fourth-order valence-electron chi connectivity index (χ4n) is 7.35. The van der Waals surface area contributed by atoms with Crippen molar-refractivity contribution in [3.05, 3.63) is 156 Å². The lowest BCUT2D eigenvalue weighted by Gasteiger charge is -2.52. The van der Waals surface area contributed by atoms with Crippen molar-refractivity contribution in [2.75, 3.05) is 5.88 Å². The number of halogens is 2. The van der Waals surface area contributed by atoms with Crippen molar-refractivity contribution in [3.63, 3.8) is 0 Å². The van der Waals surface area contributed by atoms with E-state index in [-0.39, 0.29) is 29.7 Å². The summed E-state index contributed by atoms with van der Waals surface area (Å²) in [7, 11) is 0. The number of nitrogens with zero attached hydrogens (tertiary/aromatic N) is 2. The van der Waals surface area contributed by atoms with Gasteiger partial charge in [-0.1, -0.05) is 159 Å². The summed E-state index contributed by atoms with van der Waals surface area (Å²) in [5, 5.41) is 0. The van der Waals surface area contributed by atoms with Gasteiger partial charge in [-0.05, 0) is 47.1 Å². The predicted octanol–water partition coefficient (Wildman–Crippen LogP) is 8.61. The Hall–Kier alpha value is -4.43. The smallest absolute Gasteiger partial charge is 0.334 e. The molecular formula is C43H44Cl2N2O5. The lowest BCUT2D eigenvalue weighted by molar-refractivity contribution is -0.172. The Labute approximate surface area is 316 Å². The van der Waals surface area contributed by atoms with E-state index in [0.29, 0.717) is 12.8 Å². The minimum Gasteiger partial charge on any atom is -0.451 e. The third-order valence-corrected chi connectivity index (χ3v) is 10.8. The molecule has 1 aliphatic heterocycles. The molecule has 4 aromatic carbocycles. The molecule has 6 rings (SSSR count). The summed E-state index contributed by atoms with van der Waals surface area (Å²) >= 11 is 13.3. The maximum atomic E-state index is 14.1. The zero-order valence-electron chi connectivity index (χ0n) is 29.0. The normalized spacial score (nSPS) is 21.1. The van der Waals surface area contributed by atoms with E-state index in [9.17, 15) is 14.4 Å². The number of carbonyl (C=O) groups is 3. The largest absolute Gasteiger partial charge is 0.451 e. The van der Waals surface area contributed by atoms with E-state index in [4.69, 9.17) is 32.7 Å². The summed E-state index contributed by atoms with van der Waals surface area (Å²) in [6, 6.07) is 36.5. The molecule has 5 atom stereocenters. The Morgan fingerprint density at radius 3 is 1.73 bits per heavy atom. The Morgan fingerprint density at radius 1 is 0.788 bits per heavy atom. The zero-order valence-corrected chi connectivity index (χ0v) is 30.5. The van der Waals surface area contributed by atoms with Crippen LogP contribution in [0.25, 0.3) is 0 Å². The second-order valence-electron chi connectivity index (χ2n) is 13.4. The van der Waals surface area contributed by atoms with Gasteiger partial charge in [-0.25, -0.2) is 4.79 Å². The Morgan fingerprint density at radius 2 is 1.27 bits per heavy atom. The van der Waals surface area contributed by atoms with Crippen LogP contribution in [0.15, 0.2) is 133 Å². The molecule has 2 amide bonds. The third-order valence-electron chi connectivity index (χ3n) is 10.0. The van der Waals surface area contributed by atoms with Gasteiger partial charge < -0.3 is 19.3 Å². The number of ether oxygens (including phenoxy) is 2. The first-order valence-corrected chi connectivity index (χ1v) is 18.9. The van der Waals surface area contributed by atoms with Crippen LogP contribution in [-0.4, -0.2) is 63.7 Å². The average Bonchev–Trinajstić information content (AvgIpc) is 3.18. The molecule has 52 heavy (non-hydrogen) atoms. The maximum absolute atomic E-state index is 14.1. The van der Waals surface area contributed by atoms with E-state index in [1.807, 2.05) is 97.1 Å². The molecule has 5 unspecified atom stereocenters. The molecule has 0 bridgehead atoms. The van der Waals surface area contributed by atoms with Crippen molar-refractivity contribution in [1.82, 2.24) is 9.80 Å². The molecule has 0 spiro atoms. The van der Waals surface area contributed by atoms with Gasteiger partial charge in [-0.3, -0.25) is 9.59 Å². The summed E-state index contributed by atoms with van der Waals surface area (Å²) in [6.07, 6.45) is 4.45. The number of amides is 2. The molecule has 0 radical (unpaired) electrons. The zero-order chi connectivity index (χ0) is 36.5. The number of hydrogen-bond acceptors (Lipinski definition) is 5. The van der Waals surface area contributed by atoms with Gasteiger partial charge in [0.1, 0.15) is 17.6 Å². The summed E-state index contributed by atoms with van der Waals surface area (Å²) in [4.78, 5) is 43.8. The Balaban J connectivity index is 1.21. The van der Waals surface area contributed by atoms with Gasteiger partial charge in [0.05, 0.1) is 6.10 Å². The second-order valence-corrected chi connectivity index (χ2v) is 14.1. The number of likely N-dealkylation sites (tertiary alicyclic amines) is 1. The lowest BCUT2D eigenvalue weighted by Crippen LogP contribution is -2.73. The first kappa shape index (κ1) is 37.3. The number of benzene rings is 4. The van der Waals surface area contributed by atoms with Gasteiger partial charge >= 0.3 is 5.97 Å². The van der Waals surface area contributed by atoms with Gasteiger partial charge in [0.15, 0.2) is 12.1 Å². The van der Waals surface area contributed by atoms with E-state index < -0.39 is 35.6 Å². The Kier molecular flexibility index (Phi) is 12.8. The van der Waals surface area contributed by atoms with Crippen LogP contribution < -0.4 is 0 Å². The van der Waals surface area contributed by atoms with E-state index >= 15 is 0 Å². The van der Waals surface area contributed by atoms with Gasteiger partial charge in [-0.2, -0.15) is 0 Å². The number of alkyl halides is 2. The van der Waals surface area contributed by atoms with Crippen molar-refractivity contribution in [2.24, 2.45) is 0 Å². The van der Waals surface area contributed by atoms with Crippen LogP contribution in [0.1, 0.15) is 73.0 Å². The van der Waals surface area contributed by atoms with Crippen molar-refractivity contribution in [3.8, 4) is 0 Å². The molecule has 0 aromatic heterocycles. The molecule has 1 saturated heterocycles. The van der Waals surface area contributed by atoms with Crippen LogP contribution >= 0.6 is 23.2 Å². The molecule has 9 heteroatoms. The summed E-state index contributed by atoms with van der Waals surface area (Å²) in [5.41, 5.74) is 2.89. The van der Waals surface area contributed by atoms with Gasteiger partial charge in [0, 0.05) is 11.9 Å². The fourth-order valence-corrected chi connectivity index (χ4v) is 7.95. The molecule has 2 fully saturated rings. The highest BCUT2D eigenvalue weighted by Crippen LogP contribution is 2.38. The molecule has 0 N–H and O–H groups in total. The lowest BCUT2D eigenvalue weighted by atomic mass is 9.90. The van der Waals surface area contributed by atoms with Crippen LogP contribution in [0.4, 0.5) is 0 Å². The van der Waals surface area contributed by atoms with Crippen molar-refractivity contribution < 1.29 is 23.9 Å². The van der Waals surface area contributed by atoms with Crippen LogP contribution in [0.2, 0.25) is 0 Å². The number of esters is 1. The molecule has 1 saturated carbocycles. The highest BCUT2D eigenvalue weighted by molar-refractivity contribution is 6.27. The maximum Gasteiger partial charge on any atom is 0.334 e. The minimum atomic E-state index is -1.24. The highest BCUT2D eigenvalue weighted by atomic mass is 35.5. The van der Waals surface area contributed by atoms with Gasteiger partial charge in [-0.15, -0.1) is 11.6 Å². The Bertz CT molecular complexity index is 1700. The average molecular weight is 740 g/mol. The molecule has 1 aliphatic carbocycles. The molecule has 1 heterocycles. The third kappa shape index (κ3) is 8.44. The van der Waals surface area contributed by atoms with Crippen LogP contribution in [-0.2, 0) is 23.9 Å². The standard InChI is InChI=1S/C43H44Cl2N2O5/c1-30(28-44)37(43(50)52-40(33-21-11-4-12-22-33)34-23-13-5-14-24-34)47-41(45)38(42(47)49)46(29-48)35-25-15-6-16-26-36(27-35)51-39(31-17-7-2-8-18-31)32-19-9-3-10-20-32/h2-5,7-14,17-24,29,35-41H,1,6,15-16,25-28H2. The van der Waals surface area contributed by atoms with Crippen LogP contribution in [0.3, 0.4) is 0 Å². The molecule has 270 valence electrons. The molecule has 4 aromatic rings. The first-order chi connectivity index (χ1) is 25.4. The monoisotopic (exact) mass is 738 g/mol. The molecule has 2 aliphatic rings. The molecular weight excluding hydrogens is 695 g/mol. The van der Waals surface area contributed by atoms with Crippen molar-refractivity contribution in [2.45, 2.75) is 80.5 Å². The topological polar surface area (TPSA) is 76.2 Å². The SMILES string of the molecule is C=C(CCl)C(C(=O)OC(c1ccccc1)c1ccccc1)N1C(=O)C(N(C=O)C2CCCCCC(OC(c3ccccc3)c3ccccc3)C2)C1Cl. The second kappa shape index (κ2) is 17.9. The van der Waals surface area contributed by atoms with Gasteiger partial charge in [0.25, 0.3) is 5.91 Å². The summed E-state index contributed by atoms with van der Waals surface area (Å²) in [6.45, 7) is 4.02. The van der Waals surface area contributed by atoms with E-state index in [1.54, 1.807) is 4.90 Å². The minimum absolute atomic E-state index is 0.0950. The van der Waals surface area contributed by atoms with E-state index in [2.05, 4.69) is 30.8 Å². The van der Waals surface area contributed by atoms with E-state index in [1.165, 1.54) is 4.90 Å². The summed E-state index contributed by atoms with van der Waals surface area (Å²) < 4.78 is 13.0. The number of rotatable bonds is 14. The van der Waals surface area contributed by atoms with Crippen LogP contribution in [0.5, 0.6) is 0 Å². The highest BCUT2D eigenvalue weighted by Gasteiger charge is 2.56. The fraction of sp³-hybridized carbons (Fsp3) is 0.326. The number of β-lactam (4-membered cyclic amide) rings is 1. The quantitative estimate of drug-likeness (QED) is 0.0324. The predicted molar refractivity (Wildman–Crippen MR) is 204 cm³/mol. The van der Waals surface area contributed by atoms with Crippen molar-refractivity contribution >= 4 is 41.5 Å². The number of hydrogen-bond donors (Lipinski definition) is 0. The van der Waals surface area contributed by atoms with Crippen molar-refractivity contribution in [1.29, 1.82) is 0 Å². The van der Waals surface area contributed by atoms with Gasteiger partial charge in [0.2, 0.25) is 6.41 Å². The first-order valence-electron chi connectivity index (χ1n) is 17.9. The number of carbonyl (C=O) groups excluding carboxylic acids is 3. The molecule has 7 nitrogen and oxygen atoms in total. The van der Waals surface area contributed by atoms with E-state index in [0.717, 1.165) is 54.3 Å². The summed E-state index contributed by atoms with van der Waals surface area (Å²) in [5.74, 6) is -1.25. The van der Waals surface area contributed by atoms with Crippen LogP contribution in [0, 0.1) is 0 Å².